The fourth-order valence-electron chi connectivity index (χ4n) is 3.47. The fraction of sp³-hybridized carbons (Fsp3) is 0.348. The average Bonchev–Trinajstić information content (AvgIpc) is 2.77. The third-order valence-corrected chi connectivity index (χ3v) is 5.25. The Hall–Kier alpha value is -2.86. The number of methoxy groups -OCH3 is 3. The van der Waals surface area contributed by atoms with E-state index in [9.17, 15) is 4.79 Å². The standard InChI is InChI=1S/C23H26ClNO5/c1-15(30-18-7-5-6-17(24)12-18)23(26)25-10-8-16(9-11-25)22-20(28-3)13-19(27-2)14-21(22)29-4/h5-8,12-15H,9-11H2,1-4H3/t15-/m0/s1. The molecule has 1 amide bonds. The average molecular weight is 432 g/mol. The highest BCUT2D eigenvalue weighted by Gasteiger charge is 2.26. The molecule has 1 heterocycles. The normalized spacial score (nSPS) is 14.6. The zero-order valence-electron chi connectivity index (χ0n) is 17.6. The summed E-state index contributed by atoms with van der Waals surface area (Å²) in [5.41, 5.74) is 1.95. The number of amides is 1. The van der Waals surface area contributed by atoms with Crippen molar-refractivity contribution in [2.45, 2.75) is 19.4 Å². The van der Waals surface area contributed by atoms with Gasteiger partial charge < -0.3 is 23.8 Å². The van der Waals surface area contributed by atoms with Crippen molar-refractivity contribution >= 4 is 23.1 Å². The second-order valence-corrected chi connectivity index (χ2v) is 7.32. The van der Waals surface area contributed by atoms with Gasteiger partial charge in [0, 0.05) is 30.2 Å². The Balaban J connectivity index is 1.74. The van der Waals surface area contributed by atoms with Crippen LogP contribution in [0.25, 0.3) is 5.57 Å². The van der Waals surface area contributed by atoms with E-state index in [-0.39, 0.29) is 5.91 Å². The molecule has 0 unspecified atom stereocenters. The molecule has 1 aliphatic rings. The molecule has 0 saturated carbocycles. The van der Waals surface area contributed by atoms with Gasteiger partial charge in [0.2, 0.25) is 0 Å². The molecule has 1 atom stereocenters. The molecule has 1 aliphatic heterocycles. The van der Waals surface area contributed by atoms with Crippen LogP contribution in [-0.4, -0.2) is 51.3 Å². The van der Waals surface area contributed by atoms with Crippen molar-refractivity contribution in [3.63, 3.8) is 0 Å². The first-order valence-corrected chi connectivity index (χ1v) is 10.0. The number of carbonyl (C=O) groups is 1. The number of nitrogens with zero attached hydrogens (tertiary/aromatic N) is 1. The lowest BCUT2D eigenvalue weighted by Gasteiger charge is -2.30. The van der Waals surface area contributed by atoms with Gasteiger partial charge in [-0.15, -0.1) is 0 Å². The van der Waals surface area contributed by atoms with Crippen LogP contribution in [0, 0.1) is 0 Å². The van der Waals surface area contributed by atoms with Gasteiger partial charge in [0.05, 0.1) is 26.9 Å². The Labute approximate surface area is 181 Å². The van der Waals surface area contributed by atoms with E-state index in [0.717, 1.165) is 11.1 Å². The van der Waals surface area contributed by atoms with Gasteiger partial charge in [-0.3, -0.25) is 4.79 Å². The number of hydrogen-bond donors (Lipinski definition) is 0. The van der Waals surface area contributed by atoms with Crippen molar-refractivity contribution in [3.8, 4) is 23.0 Å². The SMILES string of the molecule is COc1cc(OC)c(C2=CCN(C(=O)[C@H](C)Oc3cccc(Cl)c3)CC2)c(OC)c1. The summed E-state index contributed by atoms with van der Waals surface area (Å²) in [6.07, 6.45) is 2.10. The maximum Gasteiger partial charge on any atom is 0.263 e. The topological polar surface area (TPSA) is 57.2 Å². The van der Waals surface area contributed by atoms with E-state index in [1.54, 1.807) is 57.4 Å². The summed E-state index contributed by atoms with van der Waals surface area (Å²) in [4.78, 5) is 14.6. The smallest absolute Gasteiger partial charge is 0.263 e. The molecule has 30 heavy (non-hydrogen) atoms. The first-order chi connectivity index (χ1) is 14.5. The van der Waals surface area contributed by atoms with Crippen molar-refractivity contribution in [2.24, 2.45) is 0 Å². The highest BCUT2D eigenvalue weighted by atomic mass is 35.5. The van der Waals surface area contributed by atoms with E-state index in [4.69, 9.17) is 30.5 Å². The van der Waals surface area contributed by atoms with Gasteiger partial charge in [0.25, 0.3) is 5.91 Å². The van der Waals surface area contributed by atoms with E-state index in [2.05, 4.69) is 0 Å². The number of halogens is 1. The van der Waals surface area contributed by atoms with Gasteiger partial charge in [0.15, 0.2) is 6.10 Å². The monoisotopic (exact) mass is 431 g/mol. The predicted molar refractivity (Wildman–Crippen MR) is 117 cm³/mol. The van der Waals surface area contributed by atoms with Crippen LogP contribution in [-0.2, 0) is 4.79 Å². The second-order valence-electron chi connectivity index (χ2n) is 6.89. The Morgan fingerprint density at radius 1 is 1.03 bits per heavy atom. The number of benzene rings is 2. The molecule has 6 nitrogen and oxygen atoms in total. The summed E-state index contributed by atoms with van der Waals surface area (Å²) in [6.45, 7) is 2.81. The summed E-state index contributed by atoms with van der Waals surface area (Å²) in [5.74, 6) is 2.51. The Morgan fingerprint density at radius 2 is 1.73 bits per heavy atom. The molecule has 0 spiro atoms. The van der Waals surface area contributed by atoms with Crippen LogP contribution in [0.2, 0.25) is 5.02 Å². The first-order valence-electron chi connectivity index (χ1n) is 9.67. The summed E-state index contributed by atoms with van der Waals surface area (Å²) >= 11 is 5.99. The summed E-state index contributed by atoms with van der Waals surface area (Å²) in [7, 11) is 4.83. The van der Waals surface area contributed by atoms with Crippen LogP contribution in [0.4, 0.5) is 0 Å². The Kier molecular flexibility index (Phi) is 7.11. The largest absolute Gasteiger partial charge is 0.496 e. The molecule has 0 saturated heterocycles. The van der Waals surface area contributed by atoms with Crippen LogP contribution < -0.4 is 18.9 Å². The maximum absolute atomic E-state index is 12.8. The lowest BCUT2D eigenvalue weighted by molar-refractivity contribution is -0.137. The van der Waals surface area contributed by atoms with Crippen molar-refractivity contribution < 1.29 is 23.7 Å². The molecule has 7 heteroatoms. The van der Waals surface area contributed by atoms with E-state index >= 15 is 0 Å². The Morgan fingerprint density at radius 3 is 2.27 bits per heavy atom. The highest BCUT2D eigenvalue weighted by Crippen LogP contribution is 2.40. The predicted octanol–water partition coefficient (Wildman–Crippen LogP) is 4.45. The summed E-state index contributed by atoms with van der Waals surface area (Å²) < 4.78 is 22.2. The van der Waals surface area contributed by atoms with Crippen LogP contribution in [0.3, 0.4) is 0 Å². The van der Waals surface area contributed by atoms with Crippen LogP contribution >= 0.6 is 11.6 Å². The van der Waals surface area contributed by atoms with Gasteiger partial charge in [-0.1, -0.05) is 23.7 Å². The molecule has 2 aromatic carbocycles. The zero-order chi connectivity index (χ0) is 21.7. The number of hydrogen-bond acceptors (Lipinski definition) is 5. The van der Waals surface area contributed by atoms with Crippen LogP contribution in [0.15, 0.2) is 42.5 Å². The molecule has 0 fully saturated rings. The van der Waals surface area contributed by atoms with Gasteiger partial charge >= 0.3 is 0 Å². The van der Waals surface area contributed by atoms with Crippen molar-refractivity contribution in [1.29, 1.82) is 0 Å². The van der Waals surface area contributed by atoms with Crippen molar-refractivity contribution in [3.05, 3.63) is 53.1 Å². The lowest BCUT2D eigenvalue weighted by atomic mass is 9.97. The van der Waals surface area contributed by atoms with E-state index < -0.39 is 6.10 Å². The van der Waals surface area contributed by atoms with Crippen molar-refractivity contribution in [1.82, 2.24) is 4.90 Å². The third-order valence-electron chi connectivity index (χ3n) is 5.01. The molecular weight excluding hydrogens is 406 g/mol. The minimum Gasteiger partial charge on any atom is -0.496 e. The molecule has 0 aromatic heterocycles. The van der Waals surface area contributed by atoms with E-state index in [1.807, 2.05) is 18.2 Å². The minimum absolute atomic E-state index is 0.0704. The molecule has 0 N–H and O–H groups in total. The molecule has 0 radical (unpaired) electrons. The molecule has 160 valence electrons. The fourth-order valence-corrected chi connectivity index (χ4v) is 3.65. The molecule has 3 rings (SSSR count). The third kappa shape index (κ3) is 4.82. The molecular formula is C23H26ClNO5. The van der Waals surface area contributed by atoms with Crippen LogP contribution in [0.5, 0.6) is 23.0 Å². The van der Waals surface area contributed by atoms with Gasteiger partial charge in [-0.25, -0.2) is 0 Å². The van der Waals surface area contributed by atoms with Gasteiger partial charge in [-0.05, 0) is 37.1 Å². The zero-order valence-corrected chi connectivity index (χ0v) is 18.4. The number of ether oxygens (including phenoxy) is 4. The van der Waals surface area contributed by atoms with E-state index in [1.165, 1.54) is 0 Å². The maximum atomic E-state index is 12.8. The van der Waals surface area contributed by atoms with Crippen molar-refractivity contribution in [2.75, 3.05) is 34.4 Å². The highest BCUT2D eigenvalue weighted by molar-refractivity contribution is 6.30. The van der Waals surface area contributed by atoms with Crippen LogP contribution in [0.1, 0.15) is 18.9 Å². The summed E-state index contributed by atoms with van der Waals surface area (Å²) in [5, 5.41) is 0.570. The number of rotatable bonds is 7. The minimum atomic E-state index is -0.608. The quantitative estimate of drug-likeness (QED) is 0.648. The van der Waals surface area contributed by atoms with Gasteiger partial charge in [0.1, 0.15) is 23.0 Å². The number of carbonyl (C=O) groups excluding carboxylic acids is 1. The first kappa shape index (κ1) is 21.8. The molecule has 0 bridgehead atoms. The Bertz CT molecular complexity index is 918. The lowest BCUT2D eigenvalue weighted by Crippen LogP contribution is -2.42. The second kappa shape index (κ2) is 9.76. The van der Waals surface area contributed by atoms with E-state index in [0.29, 0.717) is 47.5 Å². The molecule has 0 aliphatic carbocycles. The van der Waals surface area contributed by atoms with Gasteiger partial charge in [-0.2, -0.15) is 0 Å². The molecule has 2 aromatic rings. The summed E-state index contributed by atoms with van der Waals surface area (Å²) in [6, 6.07) is 10.7.